The highest BCUT2D eigenvalue weighted by atomic mass is 35.5. The number of fused-ring (bicyclic) bond motifs is 1. The lowest BCUT2D eigenvalue weighted by Gasteiger charge is -2.22. The summed E-state index contributed by atoms with van der Waals surface area (Å²) in [5.74, 6) is -0.516. The molecule has 40 heavy (non-hydrogen) atoms. The Bertz CT molecular complexity index is 1720. The smallest absolute Gasteiger partial charge is 0.352 e. The largest absolute Gasteiger partial charge is 0.416 e. The number of carbonyl (C=O) groups excluding carboxylic acids is 1. The van der Waals surface area contributed by atoms with E-state index in [-0.39, 0.29) is 50.8 Å². The molecule has 2 aromatic carbocycles. The van der Waals surface area contributed by atoms with Crippen molar-refractivity contribution in [3.05, 3.63) is 71.8 Å². The average Bonchev–Trinajstić information content (AvgIpc) is 3.29. The molecule has 15 heteroatoms. The molecule has 0 bridgehead atoms. The quantitative estimate of drug-likeness (QED) is 0.417. The Labute approximate surface area is 236 Å². The summed E-state index contributed by atoms with van der Waals surface area (Å²) in [6.45, 7) is 2.68. The molecule has 1 saturated heterocycles. The van der Waals surface area contributed by atoms with Crippen molar-refractivity contribution >= 4 is 49.8 Å². The van der Waals surface area contributed by atoms with E-state index in [2.05, 4.69) is 10.3 Å². The van der Waals surface area contributed by atoms with Crippen molar-refractivity contribution in [3.8, 4) is 0 Å². The second-order valence-electron chi connectivity index (χ2n) is 9.54. The number of aromatic amines is 1. The van der Waals surface area contributed by atoms with E-state index >= 15 is 0 Å². The van der Waals surface area contributed by atoms with Gasteiger partial charge in [-0.15, -0.1) is 0 Å². The minimum Gasteiger partial charge on any atom is -0.352 e. The van der Waals surface area contributed by atoms with E-state index in [4.69, 9.17) is 23.2 Å². The van der Waals surface area contributed by atoms with Crippen LogP contribution in [0, 0.1) is 0 Å². The molecule has 1 aromatic heterocycles. The first-order valence-corrected chi connectivity index (χ1v) is 14.6. The topological polar surface area (TPSA) is 121 Å². The highest BCUT2D eigenvalue weighted by molar-refractivity contribution is 7.91. The number of nitrogens with zero attached hydrogens (tertiary/aromatic N) is 2. The SMILES string of the molecule is CCS(=O)(=O)c1ccc(Cl)cc1Cn1c(=O)[nH]c2c(Cl)c(CN3CC[C@H](NC(C)=O)C3)c(C(F)(F)F)cc2c1=O. The minimum absolute atomic E-state index is 0.0304. The minimum atomic E-state index is -4.88. The van der Waals surface area contributed by atoms with Crippen LogP contribution in [0.3, 0.4) is 0 Å². The van der Waals surface area contributed by atoms with E-state index in [1.54, 1.807) is 4.90 Å². The van der Waals surface area contributed by atoms with Crippen LogP contribution < -0.4 is 16.6 Å². The molecular weight excluding hydrogens is 596 g/mol. The molecule has 9 nitrogen and oxygen atoms in total. The fraction of sp³-hybridized carbons (Fsp3) is 0.400. The number of H-pyrrole nitrogens is 1. The number of alkyl halides is 3. The van der Waals surface area contributed by atoms with Gasteiger partial charge in [-0.3, -0.25) is 19.1 Å². The second kappa shape index (κ2) is 11.2. The van der Waals surface area contributed by atoms with Crippen LogP contribution in [0.15, 0.2) is 38.8 Å². The van der Waals surface area contributed by atoms with Crippen molar-refractivity contribution in [2.24, 2.45) is 0 Å². The second-order valence-corrected chi connectivity index (χ2v) is 12.6. The molecule has 0 spiro atoms. The van der Waals surface area contributed by atoms with Gasteiger partial charge in [-0.1, -0.05) is 30.1 Å². The number of aromatic nitrogens is 2. The summed E-state index contributed by atoms with van der Waals surface area (Å²) in [5.41, 5.74) is -3.75. The summed E-state index contributed by atoms with van der Waals surface area (Å²) in [6.07, 6.45) is -4.35. The average molecular weight is 621 g/mol. The molecule has 0 aliphatic carbocycles. The van der Waals surface area contributed by atoms with Gasteiger partial charge in [-0.05, 0) is 41.8 Å². The van der Waals surface area contributed by atoms with E-state index < -0.39 is 49.8 Å². The van der Waals surface area contributed by atoms with Crippen molar-refractivity contribution < 1.29 is 26.4 Å². The number of hydrogen-bond acceptors (Lipinski definition) is 6. The number of nitrogens with one attached hydrogen (secondary N) is 2. The molecule has 2 N–H and O–H groups in total. The predicted octanol–water partition coefficient (Wildman–Crippen LogP) is 3.57. The van der Waals surface area contributed by atoms with Crippen LogP contribution >= 0.6 is 23.2 Å². The number of rotatable bonds is 7. The van der Waals surface area contributed by atoms with Gasteiger partial charge in [0.05, 0.1) is 38.7 Å². The fourth-order valence-corrected chi connectivity index (χ4v) is 6.47. The van der Waals surface area contributed by atoms with Gasteiger partial charge in [0.1, 0.15) is 0 Å². The molecule has 0 unspecified atom stereocenters. The number of likely N-dealkylation sites (tertiary alicyclic amines) is 1. The molecule has 2 heterocycles. The van der Waals surface area contributed by atoms with Gasteiger partial charge in [0.15, 0.2) is 9.84 Å². The first-order chi connectivity index (χ1) is 18.6. The lowest BCUT2D eigenvalue weighted by atomic mass is 10.0. The number of sulfone groups is 1. The standard InChI is InChI=1S/C25H25Cl2F3N4O5S/c1-3-40(38,39)20-5-4-15(26)8-14(20)10-34-23(36)17-9-19(25(28,29)30)18(21(27)22(17)32-24(34)37)12-33-7-6-16(11-33)31-13(2)35/h4-5,8-9,16H,3,6-7,10-12H2,1-2H3,(H,31,35)(H,32,37)/t16-/m0/s1. The summed E-state index contributed by atoms with van der Waals surface area (Å²) < 4.78 is 68.4. The fourth-order valence-electron chi connectivity index (χ4n) is 4.85. The zero-order valence-corrected chi connectivity index (χ0v) is 23.7. The van der Waals surface area contributed by atoms with Gasteiger partial charge in [0, 0.05) is 37.6 Å². The molecular formula is C25H25Cl2F3N4O5S. The Morgan fingerprint density at radius 1 is 1.18 bits per heavy atom. The molecule has 1 atom stereocenters. The van der Waals surface area contributed by atoms with Crippen molar-refractivity contribution in [2.75, 3.05) is 18.8 Å². The van der Waals surface area contributed by atoms with Gasteiger partial charge < -0.3 is 10.3 Å². The van der Waals surface area contributed by atoms with Gasteiger partial charge in [0.2, 0.25) is 5.91 Å². The maximum atomic E-state index is 14.2. The Kier molecular flexibility index (Phi) is 8.42. The van der Waals surface area contributed by atoms with Crippen LogP contribution in [0.1, 0.15) is 37.0 Å². The number of halogens is 5. The third-order valence-electron chi connectivity index (χ3n) is 6.75. The van der Waals surface area contributed by atoms with Gasteiger partial charge in [0.25, 0.3) is 5.56 Å². The molecule has 216 valence electrons. The van der Waals surface area contributed by atoms with Crippen LogP contribution in [0.2, 0.25) is 10.0 Å². The van der Waals surface area contributed by atoms with Gasteiger partial charge in [-0.25, -0.2) is 13.2 Å². The van der Waals surface area contributed by atoms with Crippen molar-refractivity contribution in [1.82, 2.24) is 19.8 Å². The zero-order valence-electron chi connectivity index (χ0n) is 21.4. The summed E-state index contributed by atoms with van der Waals surface area (Å²) in [7, 11) is -3.78. The van der Waals surface area contributed by atoms with Crippen molar-refractivity contribution in [1.29, 1.82) is 0 Å². The van der Waals surface area contributed by atoms with Crippen LogP contribution in [0.4, 0.5) is 13.2 Å². The van der Waals surface area contributed by atoms with Crippen molar-refractivity contribution in [2.45, 2.75) is 50.5 Å². The summed E-state index contributed by atoms with van der Waals surface area (Å²) in [5, 5.41) is 1.97. The Morgan fingerprint density at radius 3 is 2.50 bits per heavy atom. The monoisotopic (exact) mass is 620 g/mol. The molecule has 1 aliphatic rings. The molecule has 0 saturated carbocycles. The highest BCUT2D eigenvalue weighted by Crippen LogP contribution is 2.39. The summed E-state index contributed by atoms with van der Waals surface area (Å²) in [6, 6.07) is 4.29. The van der Waals surface area contributed by atoms with Crippen LogP contribution in [0.25, 0.3) is 10.9 Å². The number of hydrogen-bond donors (Lipinski definition) is 2. The maximum absolute atomic E-state index is 14.2. The van der Waals surface area contributed by atoms with Crippen LogP contribution in [-0.2, 0) is 33.9 Å². The van der Waals surface area contributed by atoms with E-state index in [1.165, 1.54) is 32.0 Å². The third kappa shape index (κ3) is 6.07. The van der Waals surface area contributed by atoms with Gasteiger partial charge >= 0.3 is 11.9 Å². The summed E-state index contributed by atoms with van der Waals surface area (Å²) >= 11 is 12.5. The molecule has 1 amide bonds. The first-order valence-electron chi connectivity index (χ1n) is 12.2. The lowest BCUT2D eigenvalue weighted by molar-refractivity contribution is -0.138. The Hall–Kier alpha value is -2.87. The highest BCUT2D eigenvalue weighted by Gasteiger charge is 2.37. The van der Waals surface area contributed by atoms with Crippen LogP contribution in [0.5, 0.6) is 0 Å². The normalized spacial score (nSPS) is 16.5. The van der Waals surface area contributed by atoms with E-state index in [0.29, 0.717) is 30.1 Å². The maximum Gasteiger partial charge on any atom is 0.416 e. The molecule has 1 aliphatic heterocycles. The first kappa shape index (κ1) is 30.1. The lowest BCUT2D eigenvalue weighted by Crippen LogP contribution is -2.36. The predicted molar refractivity (Wildman–Crippen MR) is 145 cm³/mol. The van der Waals surface area contributed by atoms with Crippen LogP contribution in [-0.4, -0.2) is 53.7 Å². The molecule has 1 fully saturated rings. The molecule has 4 rings (SSSR count). The van der Waals surface area contributed by atoms with E-state index in [1.807, 2.05) is 0 Å². The number of amides is 1. The number of carbonyl (C=O) groups is 1. The van der Waals surface area contributed by atoms with Crippen molar-refractivity contribution in [3.63, 3.8) is 0 Å². The molecule has 3 aromatic rings. The summed E-state index contributed by atoms with van der Waals surface area (Å²) in [4.78, 5) is 41.7. The number of benzene rings is 2. The van der Waals surface area contributed by atoms with Gasteiger partial charge in [-0.2, -0.15) is 13.2 Å². The Morgan fingerprint density at radius 2 is 1.88 bits per heavy atom. The third-order valence-corrected chi connectivity index (χ3v) is 9.23. The van der Waals surface area contributed by atoms with E-state index in [0.717, 1.165) is 0 Å². The molecule has 0 radical (unpaired) electrons. The van der Waals surface area contributed by atoms with E-state index in [9.17, 15) is 36.0 Å². The Balaban J connectivity index is 1.84. The zero-order chi connectivity index (χ0) is 29.6.